The van der Waals surface area contributed by atoms with Crippen molar-refractivity contribution in [2.45, 2.75) is 25.9 Å². The van der Waals surface area contributed by atoms with E-state index in [1.165, 1.54) is 11.1 Å². The Hall–Kier alpha value is -1.20. The van der Waals surface area contributed by atoms with Crippen LogP contribution in [0.15, 0.2) is 24.3 Å². The second-order valence-corrected chi connectivity index (χ2v) is 6.50. The van der Waals surface area contributed by atoms with Crippen LogP contribution in [-0.4, -0.2) is 34.2 Å². The summed E-state index contributed by atoms with van der Waals surface area (Å²) >= 11 is 0. The number of hydrogen-bond acceptors (Lipinski definition) is 3. The first-order chi connectivity index (χ1) is 9.20. The third kappa shape index (κ3) is 3.88. The fraction of sp³-hybridized carbons (Fsp3) is 0.500. The summed E-state index contributed by atoms with van der Waals surface area (Å²) in [7, 11) is -0.820. The Morgan fingerprint density at radius 3 is 2.89 bits per heavy atom. The van der Waals surface area contributed by atoms with Gasteiger partial charge in [0.05, 0.1) is 6.04 Å². The Balaban J connectivity index is 1.83. The van der Waals surface area contributed by atoms with Gasteiger partial charge >= 0.3 is 0 Å². The summed E-state index contributed by atoms with van der Waals surface area (Å²) in [5, 5.41) is 6.09. The van der Waals surface area contributed by atoms with Gasteiger partial charge in [-0.25, -0.2) is 0 Å². The molecule has 0 aliphatic carbocycles. The van der Waals surface area contributed by atoms with Gasteiger partial charge < -0.3 is 10.6 Å². The maximum atomic E-state index is 12.0. The summed E-state index contributed by atoms with van der Waals surface area (Å²) in [6, 6.07) is 8.00. The van der Waals surface area contributed by atoms with Crippen molar-refractivity contribution in [1.29, 1.82) is 0 Å². The van der Waals surface area contributed by atoms with Gasteiger partial charge in [-0.1, -0.05) is 31.2 Å². The summed E-state index contributed by atoms with van der Waals surface area (Å²) in [6.07, 6.45) is 0.721. The molecular weight excluding hydrogens is 260 g/mol. The van der Waals surface area contributed by atoms with Gasteiger partial charge in [0.25, 0.3) is 0 Å². The zero-order valence-corrected chi connectivity index (χ0v) is 12.0. The van der Waals surface area contributed by atoms with E-state index in [9.17, 15) is 9.00 Å². The zero-order valence-electron chi connectivity index (χ0n) is 11.1. The number of rotatable bonds is 5. The Bertz CT molecular complexity index is 476. The van der Waals surface area contributed by atoms with E-state index >= 15 is 0 Å². The standard InChI is InChI=1S/C14H20N2O2S/c1-2-19(18)8-7-15-14(17)13-9-11-5-3-4-6-12(11)10-16-13/h3-6,13,16H,2,7-10H2,1H3,(H,15,17)/t13-,19?/m1/s1. The highest BCUT2D eigenvalue weighted by Gasteiger charge is 2.23. The maximum absolute atomic E-state index is 12.0. The fourth-order valence-corrected chi connectivity index (χ4v) is 2.81. The number of nitrogens with one attached hydrogen (secondary N) is 2. The van der Waals surface area contributed by atoms with Crippen LogP contribution in [-0.2, 0) is 28.6 Å². The molecule has 0 spiro atoms. The molecule has 0 bridgehead atoms. The monoisotopic (exact) mass is 280 g/mol. The minimum atomic E-state index is -0.820. The molecule has 1 amide bonds. The first kappa shape index (κ1) is 14.2. The van der Waals surface area contributed by atoms with Crippen LogP contribution in [0.1, 0.15) is 18.1 Å². The lowest BCUT2D eigenvalue weighted by atomic mass is 9.95. The highest BCUT2D eigenvalue weighted by molar-refractivity contribution is 7.84. The number of carbonyl (C=O) groups excluding carboxylic acids is 1. The molecule has 0 fully saturated rings. The fourth-order valence-electron chi connectivity index (χ4n) is 2.20. The summed E-state index contributed by atoms with van der Waals surface area (Å²) in [6.45, 7) is 3.10. The van der Waals surface area contributed by atoms with E-state index < -0.39 is 10.8 Å². The van der Waals surface area contributed by atoms with Crippen molar-refractivity contribution in [3.63, 3.8) is 0 Å². The quantitative estimate of drug-likeness (QED) is 0.830. The molecule has 0 saturated carbocycles. The molecule has 0 saturated heterocycles. The van der Waals surface area contributed by atoms with Crippen LogP contribution < -0.4 is 10.6 Å². The molecule has 104 valence electrons. The van der Waals surface area contributed by atoms with E-state index in [1.54, 1.807) is 0 Å². The van der Waals surface area contributed by atoms with Gasteiger partial charge in [-0.2, -0.15) is 0 Å². The highest BCUT2D eigenvalue weighted by atomic mass is 32.2. The molecule has 2 rings (SSSR count). The van der Waals surface area contributed by atoms with Crippen molar-refractivity contribution in [1.82, 2.24) is 10.6 Å². The molecule has 1 aliphatic rings. The molecule has 2 N–H and O–H groups in total. The molecule has 4 nitrogen and oxygen atoms in total. The predicted molar refractivity (Wildman–Crippen MR) is 77.3 cm³/mol. The van der Waals surface area contributed by atoms with Crippen molar-refractivity contribution in [3.05, 3.63) is 35.4 Å². The van der Waals surface area contributed by atoms with Crippen molar-refractivity contribution in [2.24, 2.45) is 0 Å². The third-order valence-corrected chi connectivity index (χ3v) is 4.65. The van der Waals surface area contributed by atoms with Gasteiger partial charge in [-0.05, 0) is 17.5 Å². The zero-order chi connectivity index (χ0) is 13.7. The van der Waals surface area contributed by atoms with Gasteiger partial charge in [0, 0.05) is 35.4 Å². The van der Waals surface area contributed by atoms with E-state index in [2.05, 4.69) is 22.8 Å². The molecule has 0 radical (unpaired) electrons. The van der Waals surface area contributed by atoms with Gasteiger partial charge in [0.2, 0.25) is 5.91 Å². The summed E-state index contributed by atoms with van der Waals surface area (Å²) < 4.78 is 11.3. The van der Waals surface area contributed by atoms with Gasteiger partial charge in [-0.3, -0.25) is 9.00 Å². The van der Waals surface area contributed by atoms with Crippen molar-refractivity contribution < 1.29 is 9.00 Å². The molecule has 0 aromatic heterocycles. The van der Waals surface area contributed by atoms with Crippen LogP contribution in [0.2, 0.25) is 0 Å². The SMILES string of the molecule is CCS(=O)CCNC(=O)[C@H]1Cc2ccccc2CN1. The lowest BCUT2D eigenvalue weighted by Crippen LogP contribution is -2.48. The number of benzene rings is 1. The van der Waals surface area contributed by atoms with Crippen molar-refractivity contribution in [2.75, 3.05) is 18.1 Å². The summed E-state index contributed by atoms with van der Waals surface area (Å²) in [4.78, 5) is 12.0. The Labute approximate surface area is 116 Å². The largest absolute Gasteiger partial charge is 0.354 e. The average molecular weight is 280 g/mol. The second kappa shape index (κ2) is 6.82. The van der Waals surface area contributed by atoms with Crippen molar-refractivity contribution >= 4 is 16.7 Å². The average Bonchev–Trinajstić information content (AvgIpc) is 2.46. The van der Waals surface area contributed by atoms with E-state index in [1.807, 2.05) is 19.1 Å². The van der Waals surface area contributed by atoms with E-state index in [4.69, 9.17) is 0 Å². The van der Waals surface area contributed by atoms with Crippen LogP contribution >= 0.6 is 0 Å². The third-order valence-electron chi connectivity index (χ3n) is 3.35. The van der Waals surface area contributed by atoms with Crippen LogP contribution in [0.25, 0.3) is 0 Å². The van der Waals surface area contributed by atoms with Crippen LogP contribution in [0.5, 0.6) is 0 Å². The van der Waals surface area contributed by atoms with Crippen LogP contribution in [0, 0.1) is 0 Å². The number of hydrogen-bond donors (Lipinski definition) is 2. The Morgan fingerprint density at radius 1 is 1.42 bits per heavy atom. The normalized spacial score (nSPS) is 19.5. The number of amides is 1. The highest BCUT2D eigenvalue weighted by Crippen LogP contribution is 2.16. The van der Waals surface area contributed by atoms with Crippen LogP contribution in [0.4, 0.5) is 0 Å². The topological polar surface area (TPSA) is 58.2 Å². The van der Waals surface area contributed by atoms with E-state index in [0.29, 0.717) is 18.1 Å². The molecule has 5 heteroatoms. The summed E-state index contributed by atoms with van der Waals surface area (Å²) in [5.41, 5.74) is 2.50. The Kier molecular flexibility index (Phi) is 5.10. The molecular formula is C14H20N2O2S. The Morgan fingerprint density at radius 2 is 2.16 bits per heavy atom. The molecule has 1 aliphatic heterocycles. The first-order valence-corrected chi connectivity index (χ1v) is 8.12. The summed E-state index contributed by atoms with van der Waals surface area (Å²) in [5.74, 6) is 1.18. The smallest absolute Gasteiger partial charge is 0.237 e. The van der Waals surface area contributed by atoms with Crippen molar-refractivity contribution in [3.8, 4) is 0 Å². The lowest BCUT2D eigenvalue weighted by Gasteiger charge is -2.25. The predicted octanol–water partition coefficient (Wildman–Crippen LogP) is 0.586. The molecule has 1 heterocycles. The minimum Gasteiger partial charge on any atom is -0.354 e. The first-order valence-electron chi connectivity index (χ1n) is 6.63. The maximum Gasteiger partial charge on any atom is 0.237 e. The molecule has 1 unspecified atom stereocenters. The van der Waals surface area contributed by atoms with Gasteiger partial charge in [-0.15, -0.1) is 0 Å². The van der Waals surface area contributed by atoms with Gasteiger partial charge in [0.15, 0.2) is 0 Å². The van der Waals surface area contributed by atoms with Gasteiger partial charge in [0.1, 0.15) is 0 Å². The molecule has 1 aromatic carbocycles. The molecule has 1 aromatic rings. The van der Waals surface area contributed by atoms with E-state index in [-0.39, 0.29) is 11.9 Å². The molecule has 19 heavy (non-hydrogen) atoms. The number of carbonyl (C=O) groups is 1. The lowest BCUT2D eigenvalue weighted by molar-refractivity contribution is -0.123. The van der Waals surface area contributed by atoms with Crippen LogP contribution in [0.3, 0.4) is 0 Å². The minimum absolute atomic E-state index is 0.00241. The molecule has 2 atom stereocenters. The van der Waals surface area contributed by atoms with E-state index in [0.717, 1.165) is 13.0 Å². The second-order valence-electron chi connectivity index (χ2n) is 4.63. The number of fused-ring (bicyclic) bond motifs is 1.